The zero-order valence-electron chi connectivity index (χ0n) is 21.5. The number of hydrogen-bond donors (Lipinski definition) is 0. The lowest BCUT2D eigenvalue weighted by Gasteiger charge is -2.09. The first-order chi connectivity index (χ1) is 19.8. The summed E-state index contributed by atoms with van der Waals surface area (Å²) in [7, 11) is 0. The number of rotatable bonds is 3. The topological polar surface area (TPSA) is 51.6 Å². The molecule has 0 saturated carbocycles. The fourth-order valence-corrected chi connectivity index (χ4v) is 5.39. The Labute approximate surface area is 230 Å². The van der Waals surface area contributed by atoms with Gasteiger partial charge in [-0.3, -0.25) is 4.98 Å². The Morgan fingerprint density at radius 2 is 0.925 bits per heavy atom. The molecule has 0 fully saturated rings. The van der Waals surface area contributed by atoms with E-state index >= 15 is 0 Å². The van der Waals surface area contributed by atoms with Crippen LogP contribution in [0.1, 0.15) is 0 Å². The fraction of sp³-hybridized carbons (Fsp3) is 0. The Morgan fingerprint density at radius 3 is 1.65 bits per heavy atom. The van der Waals surface area contributed by atoms with Crippen molar-refractivity contribution in [3.8, 4) is 33.8 Å². The first-order valence-corrected chi connectivity index (χ1v) is 13.3. The van der Waals surface area contributed by atoms with Crippen molar-refractivity contribution in [2.45, 2.75) is 0 Å². The van der Waals surface area contributed by atoms with Gasteiger partial charge in [-0.2, -0.15) is 0 Å². The molecule has 0 radical (unpaired) electrons. The van der Waals surface area contributed by atoms with Gasteiger partial charge in [0, 0.05) is 33.3 Å². The van der Waals surface area contributed by atoms with E-state index in [2.05, 4.69) is 96.0 Å². The van der Waals surface area contributed by atoms with Crippen molar-refractivity contribution in [3.05, 3.63) is 134 Å². The summed E-state index contributed by atoms with van der Waals surface area (Å²) in [5.41, 5.74) is 9.84. The summed E-state index contributed by atoms with van der Waals surface area (Å²) in [5, 5.41) is 4.36. The third kappa shape index (κ3) is 3.86. The zero-order valence-corrected chi connectivity index (χ0v) is 21.5. The van der Waals surface area contributed by atoms with Crippen LogP contribution in [0, 0.1) is 0 Å². The largest absolute Gasteiger partial charge is 0.254 e. The van der Waals surface area contributed by atoms with Gasteiger partial charge in [-0.05, 0) is 59.7 Å². The number of benzene rings is 4. The van der Waals surface area contributed by atoms with Crippen LogP contribution in [0.3, 0.4) is 0 Å². The Bertz CT molecular complexity index is 2220. The predicted molar refractivity (Wildman–Crippen MR) is 164 cm³/mol. The van der Waals surface area contributed by atoms with Crippen molar-refractivity contribution in [1.29, 1.82) is 0 Å². The van der Waals surface area contributed by atoms with E-state index < -0.39 is 0 Å². The smallest absolute Gasteiger partial charge is 0.0972 e. The first kappa shape index (κ1) is 22.5. The Morgan fingerprint density at radius 1 is 0.350 bits per heavy atom. The van der Waals surface area contributed by atoms with Gasteiger partial charge in [-0.15, -0.1) is 0 Å². The van der Waals surface area contributed by atoms with Gasteiger partial charge < -0.3 is 0 Å². The van der Waals surface area contributed by atoms with Crippen LogP contribution >= 0.6 is 0 Å². The van der Waals surface area contributed by atoms with E-state index in [9.17, 15) is 0 Å². The van der Waals surface area contributed by atoms with Gasteiger partial charge in [0.05, 0.1) is 39.1 Å². The van der Waals surface area contributed by atoms with Crippen LogP contribution in [0.4, 0.5) is 0 Å². The highest BCUT2D eigenvalue weighted by molar-refractivity contribution is 6.03. The average molecular weight is 511 g/mol. The second-order valence-electron chi connectivity index (χ2n) is 9.98. The molecule has 0 spiro atoms. The molecule has 4 nitrogen and oxygen atoms in total. The number of hydrogen-bond acceptors (Lipinski definition) is 4. The normalized spacial score (nSPS) is 11.5. The van der Waals surface area contributed by atoms with Gasteiger partial charge >= 0.3 is 0 Å². The summed E-state index contributed by atoms with van der Waals surface area (Å²) in [6.45, 7) is 0. The molecule has 0 amide bonds. The number of aromatic nitrogens is 4. The van der Waals surface area contributed by atoms with Gasteiger partial charge in [0.25, 0.3) is 0 Å². The third-order valence-electron chi connectivity index (χ3n) is 7.48. The second kappa shape index (κ2) is 9.07. The van der Waals surface area contributed by atoms with Crippen molar-refractivity contribution in [3.63, 3.8) is 0 Å². The lowest BCUT2D eigenvalue weighted by molar-refractivity contribution is 1.31. The van der Waals surface area contributed by atoms with E-state index in [1.807, 2.05) is 42.6 Å². The van der Waals surface area contributed by atoms with Crippen LogP contribution in [0.2, 0.25) is 0 Å². The van der Waals surface area contributed by atoms with Crippen LogP contribution < -0.4 is 0 Å². The van der Waals surface area contributed by atoms with Crippen molar-refractivity contribution >= 4 is 43.6 Å². The van der Waals surface area contributed by atoms with E-state index in [1.165, 1.54) is 0 Å². The SMILES string of the molecule is c1ccc(-c2ccc3cc(-c4ccc5nc(-c6ccc7ccc8cccnc8c7n6)ccc5c4)ccc3n2)cc1. The maximum Gasteiger partial charge on any atom is 0.0972 e. The molecule has 4 heteroatoms. The number of pyridine rings is 4. The highest BCUT2D eigenvalue weighted by atomic mass is 14.8. The lowest BCUT2D eigenvalue weighted by atomic mass is 10.0. The molecule has 186 valence electrons. The Balaban J connectivity index is 1.15. The minimum Gasteiger partial charge on any atom is -0.254 e. The summed E-state index contributed by atoms with van der Waals surface area (Å²) in [6.07, 6.45) is 1.82. The molecule has 40 heavy (non-hydrogen) atoms. The molecule has 0 aliphatic carbocycles. The summed E-state index contributed by atoms with van der Waals surface area (Å²) in [5.74, 6) is 0. The molecule has 0 bridgehead atoms. The maximum atomic E-state index is 4.97. The Kier molecular flexibility index (Phi) is 5.10. The molecule has 0 aliphatic rings. The number of fused-ring (bicyclic) bond motifs is 5. The monoisotopic (exact) mass is 510 g/mol. The maximum absolute atomic E-state index is 4.97. The van der Waals surface area contributed by atoms with Gasteiger partial charge in [-0.25, -0.2) is 15.0 Å². The quantitative estimate of drug-likeness (QED) is 0.223. The molecule has 0 unspecified atom stereocenters. The fourth-order valence-electron chi connectivity index (χ4n) is 5.39. The van der Waals surface area contributed by atoms with Crippen molar-refractivity contribution < 1.29 is 0 Å². The molecule has 0 N–H and O–H groups in total. The predicted octanol–water partition coefficient (Wildman–Crippen LogP) is 8.88. The highest BCUT2D eigenvalue weighted by Gasteiger charge is 2.09. The first-order valence-electron chi connectivity index (χ1n) is 13.3. The van der Waals surface area contributed by atoms with E-state index in [0.717, 1.165) is 77.4 Å². The standard InChI is InChI=1S/C36H22N4/c1-2-5-23(6-3-1)30-17-13-28-21-26(11-15-31(28)38-30)27-12-16-32-29(22-27)14-19-33(39-32)34-18-10-25-9-8-24-7-4-20-37-35(24)36(25)40-34/h1-22H. The minimum absolute atomic E-state index is 0.841. The van der Waals surface area contributed by atoms with Gasteiger partial charge in [-0.1, -0.05) is 78.9 Å². The molecule has 4 heterocycles. The summed E-state index contributed by atoms with van der Waals surface area (Å²) in [4.78, 5) is 19.4. The molecular formula is C36H22N4. The van der Waals surface area contributed by atoms with Crippen LogP contribution in [0.15, 0.2) is 134 Å². The second-order valence-corrected chi connectivity index (χ2v) is 9.98. The van der Waals surface area contributed by atoms with Gasteiger partial charge in [0.1, 0.15) is 0 Å². The van der Waals surface area contributed by atoms with Crippen LogP contribution in [0.5, 0.6) is 0 Å². The van der Waals surface area contributed by atoms with Crippen molar-refractivity contribution in [1.82, 2.24) is 19.9 Å². The average Bonchev–Trinajstić information content (AvgIpc) is 3.04. The van der Waals surface area contributed by atoms with Crippen molar-refractivity contribution in [2.75, 3.05) is 0 Å². The third-order valence-corrected chi connectivity index (χ3v) is 7.48. The van der Waals surface area contributed by atoms with Crippen LogP contribution in [-0.2, 0) is 0 Å². The zero-order chi connectivity index (χ0) is 26.5. The molecule has 0 aliphatic heterocycles. The summed E-state index contributed by atoms with van der Waals surface area (Å²) >= 11 is 0. The molecule has 0 atom stereocenters. The van der Waals surface area contributed by atoms with Crippen molar-refractivity contribution in [2.24, 2.45) is 0 Å². The summed E-state index contributed by atoms with van der Waals surface area (Å²) < 4.78 is 0. The van der Waals surface area contributed by atoms with E-state index in [4.69, 9.17) is 15.0 Å². The molecule has 8 aromatic rings. The van der Waals surface area contributed by atoms with Gasteiger partial charge in [0.2, 0.25) is 0 Å². The highest BCUT2D eigenvalue weighted by Crippen LogP contribution is 2.30. The van der Waals surface area contributed by atoms with E-state index in [1.54, 1.807) is 0 Å². The minimum atomic E-state index is 0.841. The van der Waals surface area contributed by atoms with Crippen LogP contribution in [0.25, 0.3) is 77.4 Å². The molecule has 4 aromatic carbocycles. The summed E-state index contributed by atoms with van der Waals surface area (Å²) in [6, 6.07) is 43.9. The number of nitrogens with zero attached hydrogens (tertiary/aromatic N) is 4. The van der Waals surface area contributed by atoms with E-state index in [0.29, 0.717) is 0 Å². The molecular weight excluding hydrogens is 488 g/mol. The van der Waals surface area contributed by atoms with Gasteiger partial charge in [0.15, 0.2) is 0 Å². The lowest BCUT2D eigenvalue weighted by Crippen LogP contribution is -1.91. The molecule has 8 rings (SSSR count). The Hall–Kier alpha value is -5.48. The molecule has 0 saturated heterocycles. The van der Waals surface area contributed by atoms with E-state index in [-0.39, 0.29) is 0 Å². The van der Waals surface area contributed by atoms with Crippen LogP contribution in [-0.4, -0.2) is 19.9 Å². The molecule has 4 aromatic heterocycles.